The van der Waals surface area contributed by atoms with Crippen LogP contribution in [0.15, 0.2) is 71.6 Å². The molecule has 0 radical (unpaired) electrons. The highest BCUT2D eigenvalue weighted by Gasteiger charge is 2.25. The van der Waals surface area contributed by atoms with Gasteiger partial charge in [0.2, 0.25) is 0 Å². The lowest BCUT2D eigenvalue weighted by Crippen LogP contribution is -2.29. The number of ether oxygens (including phenoxy) is 1. The topological polar surface area (TPSA) is 75.7 Å². The number of sulfonamides is 1. The van der Waals surface area contributed by atoms with Gasteiger partial charge in [-0.2, -0.15) is 0 Å². The van der Waals surface area contributed by atoms with Crippen LogP contribution >= 0.6 is 0 Å². The van der Waals surface area contributed by atoms with E-state index in [9.17, 15) is 13.2 Å². The zero-order valence-electron chi connectivity index (χ0n) is 18.8. The van der Waals surface area contributed by atoms with Crippen molar-refractivity contribution in [2.45, 2.75) is 25.2 Å². The molecule has 0 aliphatic heterocycles. The third kappa shape index (κ3) is 4.94. The summed E-state index contributed by atoms with van der Waals surface area (Å²) in [6.07, 6.45) is 0.700. The first-order chi connectivity index (χ1) is 15.3. The van der Waals surface area contributed by atoms with Crippen molar-refractivity contribution >= 4 is 21.6 Å². The number of rotatable bonds is 8. The van der Waals surface area contributed by atoms with Crippen LogP contribution in [0.2, 0.25) is 0 Å². The van der Waals surface area contributed by atoms with E-state index >= 15 is 0 Å². The Balaban J connectivity index is 1.81. The van der Waals surface area contributed by atoms with Gasteiger partial charge in [-0.15, -0.1) is 0 Å². The molecular weight excluding hydrogens is 424 g/mol. The number of nitrogens with zero attached hydrogens (tertiary/aromatic N) is 1. The van der Waals surface area contributed by atoms with Gasteiger partial charge in [-0.3, -0.25) is 9.10 Å². The van der Waals surface area contributed by atoms with E-state index in [2.05, 4.69) is 5.32 Å². The summed E-state index contributed by atoms with van der Waals surface area (Å²) in [5, 5.41) is 2.91. The fourth-order valence-corrected chi connectivity index (χ4v) is 4.71. The summed E-state index contributed by atoms with van der Waals surface area (Å²) >= 11 is 0. The van der Waals surface area contributed by atoms with Crippen LogP contribution in [0.5, 0.6) is 5.75 Å². The molecule has 32 heavy (non-hydrogen) atoms. The third-order valence-electron chi connectivity index (χ3n) is 5.48. The molecule has 0 spiro atoms. The van der Waals surface area contributed by atoms with Crippen LogP contribution < -0.4 is 14.4 Å². The van der Waals surface area contributed by atoms with Crippen LogP contribution in [0.1, 0.15) is 27.0 Å². The van der Waals surface area contributed by atoms with Gasteiger partial charge in [-0.05, 0) is 61.2 Å². The molecule has 0 aliphatic rings. The molecule has 0 saturated carbocycles. The maximum atomic E-state index is 13.3. The Morgan fingerprint density at radius 2 is 1.66 bits per heavy atom. The van der Waals surface area contributed by atoms with Crippen molar-refractivity contribution in [1.82, 2.24) is 5.32 Å². The van der Waals surface area contributed by atoms with Crippen LogP contribution in [-0.2, 0) is 16.4 Å². The first-order valence-corrected chi connectivity index (χ1v) is 11.7. The van der Waals surface area contributed by atoms with Crippen LogP contribution in [0, 0.1) is 13.8 Å². The molecule has 7 heteroatoms. The first-order valence-electron chi connectivity index (χ1n) is 10.3. The van der Waals surface area contributed by atoms with Gasteiger partial charge in [-0.25, -0.2) is 8.42 Å². The van der Waals surface area contributed by atoms with E-state index < -0.39 is 10.0 Å². The van der Waals surface area contributed by atoms with Gasteiger partial charge in [0.05, 0.1) is 17.7 Å². The molecule has 1 N–H and O–H groups in total. The smallest absolute Gasteiger partial charge is 0.264 e. The van der Waals surface area contributed by atoms with E-state index in [4.69, 9.17) is 4.74 Å². The number of hydrogen-bond acceptors (Lipinski definition) is 4. The number of aryl methyl sites for hydroxylation is 2. The quantitative estimate of drug-likeness (QED) is 0.558. The minimum Gasteiger partial charge on any atom is -0.495 e. The highest BCUT2D eigenvalue weighted by molar-refractivity contribution is 7.92. The molecule has 168 valence electrons. The molecule has 0 aromatic heterocycles. The molecule has 0 aliphatic carbocycles. The number of carbonyl (C=O) groups excluding carboxylic acids is 1. The predicted octanol–water partition coefficient (Wildman–Crippen LogP) is 4.11. The average Bonchev–Trinajstić information content (AvgIpc) is 2.79. The summed E-state index contributed by atoms with van der Waals surface area (Å²) in [6, 6.07) is 19.5. The minimum atomic E-state index is -3.89. The number of hydrogen-bond donors (Lipinski definition) is 1. The standard InChI is InChI=1S/C25H28N2O4S/c1-18-9-5-6-10-20(18)15-16-26-25(28)22-17-21(14-13-19(22)2)32(29,30)27(3)23-11-7-8-12-24(23)31-4/h5-14,17H,15-16H2,1-4H3,(H,26,28). The van der Waals surface area contributed by atoms with Gasteiger partial charge in [0, 0.05) is 19.2 Å². The number of carbonyl (C=O) groups is 1. The number of anilines is 1. The predicted molar refractivity (Wildman–Crippen MR) is 127 cm³/mol. The van der Waals surface area contributed by atoms with Gasteiger partial charge in [0.1, 0.15) is 5.75 Å². The molecule has 0 atom stereocenters. The summed E-state index contributed by atoms with van der Waals surface area (Å²) in [7, 11) is -0.935. The van der Waals surface area contributed by atoms with Crippen molar-refractivity contribution < 1.29 is 17.9 Å². The Morgan fingerprint density at radius 3 is 2.38 bits per heavy atom. The Kier molecular flexibility index (Phi) is 7.20. The molecule has 0 bridgehead atoms. The molecule has 0 fully saturated rings. The zero-order valence-corrected chi connectivity index (χ0v) is 19.6. The largest absolute Gasteiger partial charge is 0.495 e. The molecule has 0 heterocycles. The number of nitrogens with one attached hydrogen (secondary N) is 1. The number of methoxy groups -OCH3 is 1. The van der Waals surface area contributed by atoms with Crippen molar-refractivity contribution in [1.29, 1.82) is 0 Å². The average molecular weight is 453 g/mol. The Hall–Kier alpha value is -3.32. The second-order valence-corrected chi connectivity index (χ2v) is 9.52. The first kappa shape index (κ1) is 23.3. The summed E-state index contributed by atoms with van der Waals surface area (Å²) in [4.78, 5) is 12.9. The van der Waals surface area contributed by atoms with E-state index in [1.807, 2.05) is 31.2 Å². The van der Waals surface area contributed by atoms with Gasteiger partial charge in [0.15, 0.2) is 0 Å². The molecule has 1 amide bonds. The van der Waals surface area contributed by atoms with Gasteiger partial charge < -0.3 is 10.1 Å². The molecule has 3 rings (SSSR count). The lowest BCUT2D eigenvalue weighted by Gasteiger charge is -2.22. The second kappa shape index (κ2) is 9.87. The number of benzene rings is 3. The Labute approximate surface area is 189 Å². The van der Waals surface area contributed by atoms with Crippen molar-refractivity contribution in [3.63, 3.8) is 0 Å². The number of amides is 1. The monoisotopic (exact) mass is 452 g/mol. The fraction of sp³-hybridized carbons (Fsp3) is 0.240. The molecule has 3 aromatic rings. The fourth-order valence-electron chi connectivity index (χ4n) is 3.48. The summed E-state index contributed by atoms with van der Waals surface area (Å²) in [5.74, 6) is 0.146. The lowest BCUT2D eigenvalue weighted by atomic mass is 10.1. The molecule has 6 nitrogen and oxygen atoms in total. The van der Waals surface area contributed by atoms with E-state index in [0.29, 0.717) is 35.5 Å². The van der Waals surface area contributed by atoms with Crippen LogP contribution in [0.3, 0.4) is 0 Å². The normalized spacial score (nSPS) is 11.1. The van der Waals surface area contributed by atoms with Crippen molar-refractivity contribution in [2.24, 2.45) is 0 Å². The maximum absolute atomic E-state index is 13.3. The Morgan fingerprint density at radius 1 is 0.969 bits per heavy atom. The van der Waals surface area contributed by atoms with Gasteiger partial charge in [0.25, 0.3) is 15.9 Å². The highest BCUT2D eigenvalue weighted by atomic mass is 32.2. The van der Waals surface area contributed by atoms with Crippen LogP contribution in [0.25, 0.3) is 0 Å². The lowest BCUT2D eigenvalue weighted by molar-refractivity contribution is 0.0953. The van der Waals surface area contributed by atoms with E-state index in [0.717, 1.165) is 4.31 Å². The molecule has 3 aromatic carbocycles. The third-order valence-corrected chi connectivity index (χ3v) is 7.25. The minimum absolute atomic E-state index is 0.0422. The maximum Gasteiger partial charge on any atom is 0.264 e. The van der Waals surface area contributed by atoms with Crippen molar-refractivity contribution in [3.8, 4) is 5.75 Å². The highest BCUT2D eigenvalue weighted by Crippen LogP contribution is 2.31. The molecule has 0 unspecified atom stereocenters. The Bertz CT molecular complexity index is 1220. The number of para-hydroxylation sites is 2. The zero-order chi connectivity index (χ0) is 23.3. The van der Waals surface area contributed by atoms with E-state index in [1.165, 1.54) is 37.4 Å². The van der Waals surface area contributed by atoms with Crippen molar-refractivity contribution in [3.05, 3.63) is 89.0 Å². The molecule has 0 saturated heterocycles. The van der Waals surface area contributed by atoms with Crippen LogP contribution in [-0.4, -0.2) is 35.0 Å². The van der Waals surface area contributed by atoms with Gasteiger partial charge >= 0.3 is 0 Å². The SMILES string of the molecule is COc1ccccc1N(C)S(=O)(=O)c1ccc(C)c(C(=O)NCCc2ccccc2C)c1. The van der Waals surface area contributed by atoms with Gasteiger partial charge in [-0.1, -0.05) is 42.5 Å². The van der Waals surface area contributed by atoms with Crippen molar-refractivity contribution in [2.75, 3.05) is 25.0 Å². The second-order valence-electron chi connectivity index (χ2n) is 7.55. The molecular formula is C25H28N2O4S. The van der Waals surface area contributed by atoms with E-state index in [1.54, 1.807) is 37.3 Å². The summed E-state index contributed by atoms with van der Waals surface area (Å²) in [5.41, 5.74) is 3.80. The van der Waals surface area contributed by atoms with E-state index in [-0.39, 0.29) is 10.8 Å². The summed E-state index contributed by atoms with van der Waals surface area (Å²) in [6.45, 7) is 4.28. The van der Waals surface area contributed by atoms with Crippen LogP contribution in [0.4, 0.5) is 5.69 Å². The summed E-state index contributed by atoms with van der Waals surface area (Å²) < 4.78 is 33.0.